The third kappa shape index (κ3) is 5.97. The van der Waals surface area contributed by atoms with Crippen LogP contribution in [0.2, 0.25) is 0 Å². The molecule has 2 rings (SSSR count). The monoisotopic (exact) mass is 396 g/mol. The van der Waals surface area contributed by atoms with Gasteiger partial charge in [0.2, 0.25) is 5.91 Å². The average molecular weight is 396 g/mol. The number of carbonyl (C=O) groups is 2. The molecule has 0 aromatic heterocycles. The first-order valence-electron chi connectivity index (χ1n) is 7.88. The van der Waals surface area contributed by atoms with Gasteiger partial charge in [0.15, 0.2) is 0 Å². The zero-order valence-electron chi connectivity index (χ0n) is 14.2. The highest BCUT2D eigenvalue weighted by Gasteiger charge is 2.33. The van der Waals surface area contributed by atoms with Gasteiger partial charge in [0, 0.05) is 6.07 Å². The van der Waals surface area contributed by atoms with E-state index in [9.17, 15) is 32.9 Å². The van der Waals surface area contributed by atoms with Crippen LogP contribution in [0.1, 0.15) is 11.1 Å². The number of halogens is 3. The summed E-state index contributed by atoms with van der Waals surface area (Å²) in [6.07, 6.45) is -4.68. The Kier molecular flexibility index (Phi) is 6.53. The summed E-state index contributed by atoms with van der Waals surface area (Å²) in [4.78, 5) is 33.5. The Labute approximate surface area is 156 Å². The maximum Gasteiger partial charge on any atom is 0.416 e. The van der Waals surface area contributed by atoms with Crippen molar-refractivity contribution < 1.29 is 27.7 Å². The first-order chi connectivity index (χ1) is 13.2. The van der Waals surface area contributed by atoms with E-state index in [0.717, 1.165) is 11.6 Å². The van der Waals surface area contributed by atoms with E-state index in [1.165, 1.54) is 0 Å². The topological polar surface area (TPSA) is 113 Å². The van der Waals surface area contributed by atoms with Gasteiger partial charge in [-0.1, -0.05) is 30.3 Å². The normalized spacial score (nSPS) is 10.8. The number of rotatable bonds is 7. The van der Waals surface area contributed by atoms with Gasteiger partial charge in [0.05, 0.1) is 23.5 Å². The highest BCUT2D eigenvalue weighted by molar-refractivity contribution is 5.86. The molecule has 2 aromatic rings. The van der Waals surface area contributed by atoms with E-state index in [0.29, 0.717) is 12.1 Å². The quantitative estimate of drug-likeness (QED) is 0.491. The van der Waals surface area contributed by atoms with Gasteiger partial charge in [-0.15, -0.1) is 0 Å². The van der Waals surface area contributed by atoms with Gasteiger partial charge in [0.1, 0.15) is 5.69 Å². The first kappa shape index (κ1) is 20.7. The third-order valence-electron chi connectivity index (χ3n) is 3.51. The molecule has 0 aliphatic carbocycles. The summed E-state index contributed by atoms with van der Waals surface area (Å²) >= 11 is 0. The van der Waals surface area contributed by atoms with E-state index in [2.05, 4.69) is 16.2 Å². The summed E-state index contributed by atoms with van der Waals surface area (Å²) in [5.74, 6) is -1.16. The highest BCUT2D eigenvalue weighted by atomic mass is 19.4. The maximum absolute atomic E-state index is 12.7. The smallest absolute Gasteiger partial charge is 0.347 e. The lowest BCUT2D eigenvalue weighted by atomic mass is 10.1. The van der Waals surface area contributed by atoms with Crippen molar-refractivity contribution in [1.82, 2.24) is 10.7 Å². The van der Waals surface area contributed by atoms with E-state index in [4.69, 9.17) is 0 Å². The molecule has 11 heteroatoms. The summed E-state index contributed by atoms with van der Waals surface area (Å²) in [6, 6.07) is 10.6. The Morgan fingerprint density at radius 1 is 1.04 bits per heavy atom. The van der Waals surface area contributed by atoms with Crippen LogP contribution in [-0.2, 0) is 22.2 Å². The Morgan fingerprint density at radius 2 is 1.71 bits per heavy atom. The van der Waals surface area contributed by atoms with Crippen molar-refractivity contribution in [2.24, 2.45) is 0 Å². The van der Waals surface area contributed by atoms with Crippen LogP contribution in [0.25, 0.3) is 0 Å². The van der Waals surface area contributed by atoms with Gasteiger partial charge < -0.3 is 5.32 Å². The second kappa shape index (κ2) is 8.84. The number of nitro groups is 1. The Bertz CT molecular complexity index is 872. The lowest BCUT2D eigenvalue weighted by Crippen LogP contribution is -2.40. The lowest BCUT2D eigenvalue weighted by Gasteiger charge is -2.12. The van der Waals surface area contributed by atoms with Crippen molar-refractivity contribution in [1.29, 1.82) is 0 Å². The zero-order chi connectivity index (χ0) is 20.7. The molecule has 0 saturated carbocycles. The van der Waals surface area contributed by atoms with Crippen molar-refractivity contribution in [3.05, 3.63) is 69.8 Å². The van der Waals surface area contributed by atoms with Gasteiger partial charge in [-0.25, -0.2) is 0 Å². The zero-order valence-corrected chi connectivity index (χ0v) is 14.2. The number of hydrogen-bond acceptors (Lipinski definition) is 5. The van der Waals surface area contributed by atoms with Crippen molar-refractivity contribution >= 4 is 23.2 Å². The fourth-order valence-electron chi connectivity index (χ4n) is 2.17. The summed E-state index contributed by atoms with van der Waals surface area (Å²) in [6.45, 7) is -0.424. The summed E-state index contributed by atoms with van der Waals surface area (Å²) in [5, 5.41) is 13.3. The summed E-state index contributed by atoms with van der Waals surface area (Å²) < 4.78 is 38.0. The minimum absolute atomic E-state index is 0.0614. The minimum Gasteiger partial charge on any atom is -0.347 e. The molecule has 0 bridgehead atoms. The number of anilines is 1. The van der Waals surface area contributed by atoms with E-state index >= 15 is 0 Å². The molecule has 0 saturated heterocycles. The Morgan fingerprint density at radius 3 is 2.32 bits per heavy atom. The average Bonchev–Trinajstić information content (AvgIpc) is 2.64. The maximum atomic E-state index is 12.7. The number of nitrogens with one attached hydrogen (secondary N) is 3. The molecule has 28 heavy (non-hydrogen) atoms. The number of amides is 2. The highest BCUT2D eigenvalue weighted by Crippen LogP contribution is 2.34. The molecular formula is C17H15F3N4O4. The fraction of sp³-hybridized carbons (Fsp3) is 0.176. The van der Waals surface area contributed by atoms with Crippen molar-refractivity contribution in [2.45, 2.75) is 12.6 Å². The number of benzene rings is 2. The van der Waals surface area contributed by atoms with Crippen LogP contribution < -0.4 is 16.2 Å². The standard InChI is InChI=1S/C17H15F3N4O4/c18-17(19,20)12-6-7-13(14(9-12)24(27)28)22-23-16(26)10-21-15(25)8-11-4-2-1-3-5-11/h1-7,9,22H,8,10H2,(H,21,25)(H,23,26). The molecule has 0 atom stereocenters. The first-order valence-corrected chi connectivity index (χ1v) is 7.88. The van der Waals surface area contributed by atoms with Crippen molar-refractivity contribution in [3.8, 4) is 0 Å². The molecule has 0 fully saturated rings. The van der Waals surface area contributed by atoms with Crippen LogP contribution in [0, 0.1) is 10.1 Å². The predicted octanol–water partition coefficient (Wildman–Crippen LogP) is 2.42. The molecule has 3 N–H and O–H groups in total. The molecule has 2 amide bonds. The predicted molar refractivity (Wildman–Crippen MR) is 93.0 cm³/mol. The van der Waals surface area contributed by atoms with Gasteiger partial charge in [0.25, 0.3) is 11.6 Å². The van der Waals surface area contributed by atoms with Gasteiger partial charge >= 0.3 is 6.18 Å². The van der Waals surface area contributed by atoms with Crippen LogP contribution in [-0.4, -0.2) is 23.3 Å². The number of alkyl halides is 3. The van der Waals surface area contributed by atoms with Crippen molar-refractivity contribution in [2.75, 3.05) is 12.0 Å². The van der Waals surface area contributed by atoms with Gasteiger partial charge in [-0.05, 0) is 17.7 Å². The van der Waals surface area contributed by atoms with E-state index in [-0.39, 0.29) is 12.1 Å². The molecule has 2 aromatic carbocycles. The lowest BCUT2D eigenvalue weighted by molar-refractivity contribution is -0.384. The molecule has 0 heterocycles. The number of hydrazine groups is 1. The molecule has 0 radical (unpaired) electrons. The molecule has 0 aliphatic heterocycles. The molecule has 148 valence electrons. The fourth-order valence-corrected chi connectivity index (χ4v) is 2.17. The second-order valence-electron chi connectivity index (χ2n) is 5.60. The molecular weight excluding hydrogens is 381 g/mol. The van der Waals surface area contributed by atoms with Crippen LogP contribution >= 0.6 is 0 Å². The number of hydrogen-bond donors (Lipinski definition) is 3. The van der Waals surface area contributed by atoms with Gasteiger partial charge in [-0.2, -0.15) is 13.2 Å². The molecule has 0 unspecified atom stereocenters. The molecule has 0 spiro atoms. The van der Waals surface area contributed by atoms with Crippen LogP contribution in [0.4, 0.5) is 24.5 Å². The third-order valence-corrected chi connectivity index (χ3v) is 3.51. The SMILES string of the molecule is O=C(Cc1ccccc1)NCC(=O)NNc1ccc(C(F)(F)F)cc1[N+](=O)[O-]. The summed E-state index contributed by atoms with van der Waals surface area (Å²) in [5.41, 5.74) is 2.64. The van der Waals surface area contributed by atoms with E-state index in [1.807, 2.05) is 0 Å². The van der Waals surface area contributed by atoms with E-state index in [1.54, 1.807) is 30.3 Å². The summed E-state index contributed by atoms with van der Waals surface area (Å²) in [7, 11) is 0. The number of nitro benzene ring substituents is 1. The molecule has 8 nitrogen and oxygen atoms in total. The largest absolute Gasteiger partial charge is 0.416 e. The van der Waals surface area contributed by atoms with E-state index < -0.39 is 40.7 Å². The van der Waals surface area contributed by atoms with Crippen LogP contribution in [0.5, 0.6) is 0 Å². The molecule has 0 aliphatic rings. The second-order valence-corrected chi connectivity index (χ2v) is 5.60. The Hall–Kier alpha value is -3.63. The number of nitrogens with zero attached hydrogens (tertiary/aromatic N) is 1. The van der Waals surface area contributed by atoms with Crippen LogP contribution in [0.3, 0.4) is 0 Å². The van der Waals surface area contributed by atoms with Gasteiger partial charge in [-0.3, -0.25) is 30.6 Å². The van der Waals surface area contributed by atoms with Crippen molar-refractivity contribution in [3.63, 3.8) is 0 Å². The minimum atomic E-state index is -4.74. The number of carbonyl (C=O) groups excluding carboxylic acids is 2. The Balaban J connectivity index is 1.90. The van der Waals surface area contributed by atoms with Crippen LogP contribution in [0.15, 0.2) is 48.5 Å².